The van der Waals surface area contributed by atoms with Crippen molar-refractivity contribution in [2.75, 3.05) is 13.2 Å². The van der Waals surface area contributed by atoms with Crippen LogP contribution in [-0.2, 0) is 14.3 Å². The van der Waals surface area contributed by atoms with Crippen molar-refractivity contribution in [1.82, 2.24) is 10.6 Å². The largest absolute Gasteiger partial charge is 0.481 e. The Kier molecular flexibility index (Phi) is 8.02. The minimum Gasteiger partial charge on any atom is -0.481 e. The van der Waals surface area contributed by atoms with E-state index in [1.165, 1.54) is 0 Å². The van der Waals surface area contributed by atoms with E-state index < -0.39 is 18.2 Å². The van der Waals surface area contributed by atoms with Crippen molar-refractivity contribution in [3.05, 3.63) is 59.7 Å². The number of alkyl carbamates (subject to hydrolysis) is 1. The molecule has 3 atom stereocenters. The number of amides is 2. The number of carboxylic acid groups (broad SMARTS) is 1. The highest BCUT2D eigenvalue weighted by Gasteiger charge is 2.30. The summed E-state index contributed by atoms with van der Waals surface area (Å²) in [5.74, 6) is -1.38. The Balaban J connectivity index is 1.22. The van der Waals surface area contributed by atoms with Crippen LogP contribution < -0.4 is 10.6 Å². The summed E-state index contributed by atoms with van der Waals surface area (Å²) in [5.41, 5.74) is 4.51. The Bertz CT molecular complexity index is 1030. The van der Waals surface area contributed by atoms with Crippen molar-refractivity contribution >= 4 is 18.0 Å². The number of aliphatic hydroxyl groups excluding tert-OH is 1. The highest BCUT2D eigenvalue weighted by Crippen LogP contribution is 2.44. The molecule has 0 bridgehead atoms. The number of rotatable bonds is 9. The third-order valence-electron chi connectivity index (χ3n) is 6.94. The smallest absolute Gasteiger partial charge is 0.407 e. The lowest BCUT2D eigenvalue weighted by molar-refractivity contribution is -0.139. The maximum atomic E-state index is 12.4. The molecule has 0 aromatic heterocycles. The van der Waals surface area contributed by atoms with Gasteiger partial charge in [-0.05, 0) is 41.0 Å². The van der Waals surface area contributed by atoms with Gasteiger partial charge in [0.15, 0.2) is 0 Å². The fraction of sp³-hybridized carbons (Fsp3) is 0.444. The van der Waals surface area contributed by atoms with Gasteiger partial charge in [-0.2, -0.15) is 0 Å². The second-order valence-electron chi connectivity index (χ2n) is 9.38. The van der Waals surface area contributed by atoms with Crippen molar-refractivity contribution in [2.45, 2.75) is 56.6 Å². The lowest BCUT2D eigenvalue weighted by Gasteiger charge is -2.31. The predicted octanol–water partition coefficient (Wildman–Crippen LogP) is 3.43. The van der Waals surface area contributed by atoms with Crippen molar-refractivity contribution in [3.8, 4) is 11.1 Å². The number of ether oxygens (including phenoxy) is 1. The molecule has 0 spiro atoms. The molecule has 35 heavy (non-hydrogen) atoms. The van der Waals surface area contributed by atoms with E-state index in [4.69, 9.17) is 9.84 Å². The lowest BCUT2D eigenvalue weighted by Crippen LogP contribution is -2.44. The van der Waals surface area contributed by atoms with E-state index in [-0.39, 0.29) is 49.8 Å². The van der Waals surface area contributed by atoms with Crippen molar-refractivity contribution in [3.63, 3.8) is 0 Å². The second kappa shape index (κ2) is 11.4. The zero-order valence-electron chi connectivity index (χ0n) is 19.6. The van der Waals surface area contributed by atoms with E-state index in [1.807, 2.05) is 36.4 Å². The minimum absolute atomic E-state index is 0.0246. The molecule has 0 saturated heterocycles. The first-order valence-electron chi connectivity index (χ1n) is 12.2. The van der Waals surface area contributed by atoms with Crippen LogP contribution in [0.1, 0.15) is 55.6 Å². The molecule has 3 unspecified atom stereocenters. The van der Waals surface area contributed by atoms with E-state index in [1.54, 1.807) is 0 Å². The molecule has 4 N–H and O–H groups in total. The van der Waals surface area contributed by atoms with Crippen LogP contribution in [-0.4, -0.2) is 53.5 Å². The monoisotopic (exact) mass is 480 g/mol. The highest BCUT2D eigenvalue weighted by atomic mass is 16.5. The van der Waals surface area contributed by atoms with Crippen molar-refractivity contribution in [1.29, 1.82) is 0 Å². The van der Waals surface area contributed by atoms with E-state index in [0.29, 0.717) is 0 Å². The summed E-state index contributed by atoms with van der Waals surface area (Å²) in [6.07, 6.45) is 1.51. The number of aliphatic carboxylic acids is 1. The average Bonchev–Trinajstić information content (AvgIpc) is 3.16. The number of nitrogens with one attached hydrogen (secondary N) is 2. The number of carboxylic acids is 1. The van der Waals surface area contributed by atoms with Crippen LogP contribution in [0.2, 0.25) is 0 Å². The molecule has 8 nitrogen and oxygen atoms in total. The van der Waals surface area contributed by atoms with Gasteiger partial charge in [0.25, 0.3) is 0 Å². The number of hydrogen-bond donors (Lipinski definition) is 4. The van der Waals surface area contributed by atoms with Gasteiger partial charge in [-0.3, -0.25) is 9.59 Å². The van der Waals surface area contributed by atoms with Gasteiger partial charge in [-0.15, -0.1) is 0 Å². The number of aliphatic hydroxyl groups is 1. The summed E-state index contributed by atoms with van der Waals surface area (Å²) in [6, 6.07) is 15.9. The van der Waals surface area contributed by atoms with Gasteiger partial charge in [-0.1, -0.05) is 61.4 Å². The molecule has 1 fully saturated rings. The SMILES string of the molecule is O=C(O)CC1CCCCC1NC(=O)CC(O)CNC(=O)OCC1c2ccccc2-c2ccccc21. The van der Waals surface area contributed by atoms with Crippen LogP contribution in [0.4, 0.5) is 4.79 Å². The Morgan fingerprint density at radius 3 is 2.26 bits per heavy atom. The summed E-state index contributed by atoms with van der Waals surface area (Å²) in [5, 5.41) is 24.7. The van der Waals surface area contributed by atoms with Crippen LogP contribution in [0.15, 0.2) is 48.5 Å². The number of fused-ring (bicyclic) bond motifs is 3. The van der Waals surface area contributed by atoms with Gasteiger partial charge < -0.3 is 25.6 Å². The molecular formula is C27H32N2O6. The lowest BCUT2D eigenvalue weighted by atomic mass is 9.82. The van der Waals surface area contributed by atoms with Crippen LogP contribution in [0.5, 0.6) is 0 Å². The number of benzene rings is 2. The molecule has 2 aromatic rings. The molecule has 2 amide bonds. The van der Waals surface area contributed by atoms with E-state index >= 15 is 0 Å². The van der Waals surface area contributed by atoms with Gasteiger partial charge >= 0.3 is 12.1 Å². The molecule has 2 aliphatic carbocycles. The van der Waals surface area contributed by atoms with Crippen molar-refractivity contribution in [2.24, 2.45) is 5.92 Å². The fourth-order valence-electron chi connectivity index (χ4n) is 5.27. The van der Waals surface area contributed by atoms with E-state index in [0.717, 1.165) is 47.9 Å². The third kappa shape index (κ3) is 6.19. The molecule has 0 aliphatic heterocycles. The molecule has 1 saturated carbocycles. The van der Waals surface area contributed by atoms with E-state index in [9.17, 15) is 19.5 Å². The van der Waals surface area contributed by atoms with Crippen LogP contribution in [0.25, 0.3) is 11.1 Å². The van der Waals surface area contributed by atoms with Crippen LogP contribution in [0.3, 0.4) is 0 Å². The number of carbonyl (C=O) groups is 3. The normalized spacial score (nSPS) is 19.8. The number of hydrogen-bond acceptors (Lipinski definition) is 5. The Hall–Kier alpha value is -3.39. The maximum Gasteiger partial charge on any atom is 0.407 e. The quantitative estimate of drug-likeness (QED) is 0.436. The van der Waals surface area contributed by atoms with Gasteiger partial charge in [0.2, 0.25) is 5.91 Å². The van der Waals surface area contributed by atoms with Crippen LogP contribution in [0, 0.1) is 5.92 Å². The molecule has 2 aromatic carbocycles. The molecule has 8 heteroatoms. The van der Waals surface area contributed by atoms with Crippen molar-refractivity contribution < 1.29 is 29.3 Å². The third-order valence-corrected chi connectivity index (χ3v) is 6.94. The topological polar surface area (TPSA) is 125 Å². The van der Waals surface area contributed by atoms with Gasteiger partial charge in [-0.25, -0.2) is 4.79 Å². The molecular weight excluding hydrogens is 448 g/mol. The fourth-order valence-corrected chi connectivity index (χ4v) is 5.27. The Morgan fingerprint density at radius 2 is 1.60 bits per heavy atom. The second-order valence-corrected chi connectivity index (χ2v) is 9.38. The summed E-state index contributed by atoms with van der Waals surface area (Å²) in [4.78, 5) is 35.7. The first kappa shape index (κ1) is 24.7. The van der Waals surface area contributed by atoms with Gasteiger partial charge in [0.05, 0.1) is 18.9 Å². The molecule has 2 aliphatic rings. The predicted molar refractivity (Wildman–Crippen MR) is 130 cm³/mol. The van der Waals surface area contributed by atoms with Gasteiger partial charge in [0.1, 0.15) is 6.61 Å². The zero-order chi connectivity index (χ0) is 24.8. The summed E-state index contributed by atoms with van der Waals surface area (Å²) < 4.78 is 5.45. The zero-order valence-corrected chi connectivity index (χ0v) is 19.6. The highest BCUT2D eigenvalue weighted by molar-refractivity contribution is 5.79. The molecule has 4 rings (SSSR count). The molecule has 0 heterocycles. The number of carbonyl (C=O) groups excluding carboxylic acids is 2. The molecule has 0 radical (unpaired) electrons. The first-order valence-corrected chi connectivity index (χ1v) is 12.2. The minimum atomic E-state index is -1.07. The standard InChI is InChI=1S/C27H32N2O6/c30-18(14-25(31)29-24-12-6-1-7-17(24)13-26(32)33)15-28-27(34)35-16-23-21-10-4-2-8-19(21)20-9-3-5-11-22(20)23/h2-5,8-11,17-18,23-24,30H,1,6-7,12-16H2,(H,28,34)(H,29,31)(H,32,33). The average molecular weight is 481 g/mol. The first-order chi connectivity index (χ1) is 16.9. The Labute approximate surface area is 204 Å². The van der Waals surface area contributed by atoms with Crippen LogP contribution >= 0.6 is 0 Å². The maximum absolute atomic E-state index is 12.4. The van der Waals surface area contributed by atoms with Gasteiger partial charge in [0, 0.05) is 18.5 Å². The molecule has 186 valence electrons. The Morgan fingerprint density at radius 1 is 0.971 bits per heavy atom. The summed E-state index contributed by atoms with van der Waals surface area (Å²) in [7, 11) is 0. The summed E-state index contributed by atoms with van der Waals surface area (Å²) in [6.45, 7) is 0.0520. The summed E-state index contributed by atoms with van der Waals surface area (Å²) >= 11 is 0. The van der Waals surface area contributed by atoms with E-state index in [2.05, 4.69) is 22.8 Å².